The van der Waals surface area contributed by atoms with Gasteiger partial charge < -0.3 is 9.15 Å². The number of hydrogen-bond acceptors (Lipinski definition) is 7. The number of hydrogen-bond donors (Lipinski definition) is 0. The molecule has 1 aliphatic rings. The van der Waals surface area contributed by atoms with Crippen LogP contribution in [0.2, 0.25) is 0 Å². The first-order chi connectivity index (χ1) is 9.20. The van der Waals surface area contributed by atoms with E-state index >= 15 is 0 Å². The molecular formula is C12H16N4O2S. The van der Waals surface area contributed by atoms with Crippen LogP contribution in [0, 0.1) is 13.8 Å². The second kappa shape index (κ2) is 5.36. The molecule has 0 aromatic carbocycles. The van der Waals surface area contributed by atoms with Crippen molar-refractivity contribution in [3.05, 3.63) is 27.9 Å². The van der Waals surface area contributed by atoms with E-state index in [4.69, 9.17) is 9.15 Å². The first-order valence-electron chi connectivity index (χ1n) is 6.25. The van der Waals surface area contributed by atoms with Crippen molar-refractivity contribution in [2.24, 2.45) is 0 Å². The van der Waals surface area contributed by atoms with Gasteiger partial charge in [0.2, 0.25) is 11.8 Å². The lowest BCUT2D eigenvalue weighted by molar-refractivity contribution is -0.0353. The summed E-state index contributed by atoms with van der Waals surface area (Å²) in [6, 6.07) is 0. The highest BCUT2D eigenvalue weighted by atomic mass is 32.1. The van der Waals surface area contributed by atoms with Crippen LogP contribution in [0.4, 0.5) is 0 Å². The van der Waals surface area contributed by atoms with Crippen LogP contribution in [0.25, 0.3) is 0 Å². The third kappa shape index (κ3) is 2.99. The fourth-order valence-electron chi connectivity index (χ4n) is 2.11. The molecule has 1 saturated heterocycles. The molecule has 1 atom stereocenters. The molecule has 19 heavy (non-hydrogen) atoms. The molecule has 2 aromatic rings. The molecule has 0 amide bonds. The highest BCUT2D eigenvalue weighted by Gasteiger charge is 2.25. The molecule has 1 unspecified atom stereocenters. The van der Waals surface area contributed by atoms with Crippen LogP contribution in [0.1, 0.15) is 28.6 Å². The third-order valence-electron chi connectivity index (χ3n) is 2.99. The standard InChI is InChI=1S/C12H16N4O2S/c1-8-7-19-12(13-8)10-5-16(3-4-17-10)6-11-15-14-9(2)18-11/h7,10H,3-6H2,1-2H3. The number of nitrogens with zero attached hydrogens (tertiary/aromatic N) is 4. The fourth-order valence-corrected chi connectivity index (χ4v) is 2.94. The summed E-state index contributed by atoms with van der Waals surface area (Å²) in [6.45, 7) is 6.87. The van der Waals surface area contributed by atoms with Crippen molar-refractivity contribution in [1.29, 1.82) is 0 Å². The number of aromatic nitrogens is 3. The molecule has 0 aliphatic carbocycles. The van der Waals surface area contributed by atoms with E-state index in [0.717, 1.165) is 23.8 Å². The molecular weight excluding hydrogens is 264 g/mol. The average molecular weight is 280 g/mol. The van der Waals surface area contributed by atoms with Crippen LogP contribution in [0.3, 0.4) is 0 Å². The highest BCUT2D eigenvalue weighted by Crippen LogP contribution is 2.25. The summed E-state index contributed by atoms with van der Waals surface area (Å²) in [6.07, 6.45) is 0.0523. The van der Waals surface area contributed by atoms with Crippen LogP contribution in [-0.4, -0.2) is 39.8 Å². The molecule has 3 rings (SSSR count). The third-order valence-corrected chi connectivity index (χ3v) is 4.04. The van der Waals surface area contributed by atoms with Gasteiger partial charge in [0.15, 0.2) is 0 Å². The SMILES string of the molecule is Cc1csc(C2CN(Cc3nnc(C)o3)CCO2)n1. The van der Waals surface area contributed by atoms with E-state index in [2.05, 4.69) is 25.5 Å². The van der Waals surface area contributed by atoms with Gasteiger partial charge in [-0.1, -0.05) is 0 Å². The Hall–Kier alpha value is -1.31. The Morgan fingerprint density at radius 1 is 1.42 bits per heavy atom. The van der Waals surface area contributed by atoms with Crippen molar-refractivity contribution < 1.29 is 9.15 Å². The van der Waals surface area contributed by atoms with Crippen LogP contribution >= 0.6 is 11.3 Å². The Bertz CT molecular complexity index is 553. The number of ether oxygens (including phenoxy) is 1. The van der Waals surface area contributed by atoms with E-state index in [0.29, 0.717) is 24.9 Å². The topological polar surface area (TPSA) is 64.3 Å². The molecule has 0 bridgehead atoms. The molecule has 102 valence electrons. The maximum atomic E-state index is 5.79. The largest absolute Gasteiger partial charge is 0.424 e. The van der Waals surface area contributed by atoms with Gasteiger partial charge in [0.25, 0.3) is 0 Å². The highest BCUT2D eigenvalue weighted by molar-refractivity contribution is 7.09. The quantitative estimate of drug-likeness (QED) is 0.853. The minimum atomic E-state index is 0.0523. The second-order valence-corrected chi connectivity index (χ2v) is 5.53. The second-order valence-electron chi connectivity index (χ2n) is 4.64. The number of thiazole rings is 1. The summed E-state index contributed by atoms with van der Waals surface area (Å²) in [7, 11) is 0. The molecule has 7 heteroatoms. The van der Waals surface area contributed by atoms with Gasteiger partial charge in [0.1, 0.15) is 11.1 Å². The lowest BCUT2D eigenvalue weighted by atomic mass is 10.3. The van der Waals surface area contributed by atoms with Crippen LogP contribution < -0.4 is 0 Å². The fraction of sp³-hybridized carbons (Fsp3) is 0.583. The van der Waals surface area contributed by atoms with Gasteiger partial charge in [-0.3, -0.25) is 4.90 Å². The smallest absolute Gasteiger partial charge is 0.230 e. The maximum absolute atomic E-state index is 5.79. The van der Waals surface area contributed by atoms with E-state index in [1.165, 1.54) is 0 Å². The predicted octanol–water partition coefficient (Wildman–Crippen LogP) is 1.72. The number of morpholine rings is 1. The Morgan fingerprint density at radius 2 is 2.32 bits per heavy atom. The molecule has 1 aliphatic heterocycles. The normalized spacial score (nSPS) is 20.8. The van der Waals surface area contributed by atoms with Gasteiger partial charge >= 0.3 is 0 Å². The van der Waals surface area contributed by atoms with E-state index in [1.807, 2.05) is 6.92 Å². The molecule has 2 aromatic heterocycles. The van der Waals surface area contributed by atoms with Gasteiger partial charge in [-0.25, -0.2) is 4.98 Å². The van der Waals surface area contributed by atoms with Crippen molar-refractivity contribution in [3.63, 3.8) is 0 Å². The van der Waals surface area contributed by atoms with E-state index in [9.17, 15) is 0 Å². The lowest BCUT2D eigenvalue weighted by Crippen LogP contribution is -2.37. The average Bonchev–Trinajstić information content (AvgIpc) is 2.99. The van der Waals surface area contributed by atoms with Crippen molar-refractivity contribution in [1.82, 2.24) is 20.1 Å². The van der Waals surface area contributed by atoms with Gasteiger partial charge in [0, 0.05) is 31.1 Å². The van der Waals surface area contributed by atoms with Gasteiger partial charge in [-0.05, 0) is 6.92 Å². The first-order valence-corrected chi connectivity index (χ1v) is 7.13. The molecule has 6 nitrogen and oxygen atoms in total. The number of aryl methyl sites for hydroxylation is 2. The summed E-state index contributed by atoms with van der Waals surface area (Å²) in [4.78, 5) is 6.76. The number of rotatable bonds is 3. The summed E-state index contributed by atoms with van der Waals surface area (Å²) in [5.41, 5.74) is 1.05. The summed E-state index contributed by atoms with van der Waals surface area (Å²) < 4.78 is 11.2. The van der Waals surface area contributed by atoms with Crippen molar-refractivity contribution >= 4 is 11.3 Å². The Labute approximate surface area is 115 Å². The van der Waals surface area contributed by atoms with Crippen molar-refractivity contribution in [2.45, 2.75) is 26.5 Å². The lowest BCUT2D eigenvalue weighted by Gasteiger charge is -2.30. The zero-order valence-corrected chi connectivity index (χ0v) is 11.8. The van der Waals surface area contributed by atoms with Crippen LogP contribution in [0.5, 0.6) is 0 Å². The van der Waals surface area contributed by atoms with Crippen molar-refractivity contribution in [2.75, 3.05) is 19.7 Å². The maximum Gasteiger partial charge on any atom is 0.230 e. The van der Waals surface area contributed by atoms with Crippen LogP contribution in [0.15, 0.2) is 9.80 Å². The van der Waals surface area contributed by atoms with Gasteiger partial charge in [-0.15, -0.1) is 21.5 Å². The minimum absolute atomic E-state index is 0.0523. The molecule has 0 saturated carbocycles. The summed E-state index contributed by atoms with van der Waals surface area (Å²) in [5.74, 6) is 1.27. The first kappa shape index (κ1) is 12.7. The minimum Gasteiger partial charge on any atom is -0.424 e. The monoisotopic (exact) mass is 280 g/mol. The Kier molecular flexibility index (Phi) is 3.58. The van der Waals surface area contributed by atoms with Gasteiger partial charge in [-0.2, -0.15) is 0 Å². The zero-order chi connectivity index (χ0) is 13.2. The van der Waals surface area contributed by atoms with E-state index in [-0.39, 0.29) is 6.10 Å². The molecule has 0 spiro atoms. The van der Waals surface area contributed by atoms with E-state index in [1.54, 1.807) is 18.3 Å². The predicted molar refractivity (Wildman–Crippen MR) is 69.9 cm³/mol. The summed E-state index contributed by atoms with van der Waals surface area (Å²) in [5, 5.41) is 11.0. The molecule has 3 heterocycles. The van der Waals surface area contributed by atoms with E-state index < -0.39 is 0 Å². The Morgan fingerprint density at radius 3 is 3.00 bits per heavy atom. The molecule has 0 radical (unpaired) electrons. The summed E-state index contributed by atoms with van der Waals surface area (Å²) >= 11 is 1.65. The Balaban J connectivity index is 1.64. The van der Waals surface area contributed by atoms with Gasteiger partial charge in [0.05, 0.1) is 13.2 Å². The van der Waals surface area contributed by atoms with Crippen LogP contribution in [-0.2, 0) is 11.3 Å². The zero-order valence-electron chi connectivity index (χ0n) is 11.0. The molecule has 1 fully saturated rings. The molecule has 0 N–H and O–H groups in total. The van der Waals surface area contributed by atoms with Crippen molar-refractivity contribution in [3.8, 4) is 0 Å².